The zero-order valence-corrected chi connectivity index (χ0v) is 15.9. The van der Waals surface area contributed by atoms with Crippen molar-refractivity contribution in [2.75, 3.05) is 6.61 Å². The van der Waals surface area contributed by atoms with Crippen molar-refractivity contribution >= 4 is 23.2 Å². The predicted octanol–water partition coefficient (Wildman–Crippen LogP) is 7.38. The second-order valence-electron chi connectivity index (χ2n) is 6.61. The van der Waals surface area contributed by atoms with Crippen LogP contribution in [0.5, 0.6) is 5.75 Å². The third kappa shape index (κ3) is 6.27. The lowest BCUT2D eigenvalue weighted by Gasteiger charge is -2.09. The molecule has 3 heteroatoms. The maximum atomic E-state index is 5.99. The van der Waals surface area contributed by atoms with Gasteiger partial charge in [-0.25, -0.2) is 0 Å². The minimum atomic E-state index is 0.480. The molecule has 0 bridgehead atoms. The Kier molecular flexibility index (Phi) is 8.31. The molecule has 1 heterocycles. The number of ether oxygens (including phenoxy) is 1. The molecule has 0 radical (unpaired) electrons. The van der Waals surface area contributed by atoms with Crippen LogP contribution in [0.25, 0.3) is 11.0 Å². The molecule has 0 aliphatic heterocycles. The van der Waals surface area contributed by atoms with E-state index in [0.29, 0.717) is 4.71 Å². The van der Waals surface area contributed by atoms with Crippen molar-refractivity contribution in [3.05, 3.63) is 34.5 Å². The van der Waals surface area contributed by atoms with Crippen LogP contribution in [0.3, 0.4) is 0 Å². The summed E-state index contributed by atoms with van der Waals surface area (Å²) < 4.78 is 12.1. The highest BCUT2D eigenvalue weighted by molar-refractivity contribution is 7.71. The van der Waals surface area contributed by atoms with E-state index < -0.39 is 0 Å². The van der Waals surface area contributed by atoms with E-state index >= 15 is 0 Å². The zero-order chi connectivity index (χ0) is 17.2. The van der Waals surface area contributed by atoms with E-state index in [4.69, 9.17) is 21.4 Å². The van der Waals surface area contributed by atoms with Crippen LogP contribution in [0.4, 0.5) is 0 Å². The first-order chi connectivity index (χ1) is 11.7. The van der Waals surface area contributed by atoms with Crippen LogP contribution >= 0.6 is 12.2 Å². The standard InChI is InChI=1S/C21H30O2S/c1-3-4-5-6-7-8-9-10-11-14-22-20-16-21(24)23-19-13-12-17(2)15-18(19)20/h12-13,15-16H,3-11,14H2,1-2H3. The number of benzene rings is 1. The highest BCUT2D eigenvalue weighted by Crippen LogP contribution is 2.27. The zero-order valence-electron chi connectivity index (χ0n) is 15.1. The second kappa shape index (κ2) is 10.5. The van der Waals surface area contributed by atoms with Crippen molar-refractivity contribution in [1.82, 2.24) is 0 Å². The van der Waals surface area contributed by atoms with Gasteiger partial charge in [-0.3, -0.25) is 0 Å². The number of unbranched alkanes of at least 4 members (excludes halogenated alkanes) is 8. The maximum Gasteiger partial charge on any atom is 0.194 e. The largest absolute Gasteiger partial charge is 0.493 e. The average molecular weight is 347 g/mol. The summed E-state index contributed by atoms with van der Waals surface area (Å²) in [7, 11) is 0. The molecule has 0 unspecified atom stereocenters. The second-order valence-corrected chi connectivity index (χ2v) is 7.01. The molecule has 0 saturated heterocycles. The Labute approximate surface area is 151 Å². The molecule has 0 spiro atoms. The molecule has 2 rings (SSSR count). The molecule has 0 saturated carbocycles. The molecule has 1 aromatic heterocycles. The van der Waals surface area contributed by atoms with E-state index in [-0.39, 0.29) is 0 Å². The average Bonchev–Trinajstić information content (AvgIpc) is 2.57. The fraction of sp³-hybridized carbons (Fsp3) is 0.571. The maximum absolute atomic E-state index is 5.99. The predicted molar refractivity (Wildman–Crippen MR) is 105 cm³/mol. The lowest BCUT2D eigenvalue weighted by atomic mass is 10.1. The topological polar surface area (TPSA) is 22.4 Å². The number of hydrogen-bond donors (Lipinski definition) is 0. The van der Waals surface area contributed by atoms with Gasteiger partial charge in [-0.05, 0) is 37.7 Å². The van der Waals surface area contributed by atoms with Gasteiger partial charge in [0, 0.05) is 6.07 Å². The number of fused-ring (bicyclic) bond motifs is 1. The molecule has 0 atom stereocenters. The van der Waals surface area contributed by atoms with E-state index in [2.05, 4.69) is 19.9 Å². The van der Waals surface area contributed by atoms with Crippen molar-refractivity contribution in [3.8, 4) is 5.75 Å². The Morgan fingerprint density at radius 3 is 2.29 bits per heavy atom. The summed E-state index contributed by atoms with van der Waals surface area (Å²) in [5.74, 6) is 0.851. The molecule has 0 aliphatic carbocycles. The molecule has 2 nitrogen and oxygen atoms in total. The summed E-state index contributed by atoms with van der Waals surface area (Å²) in [6.45, 7) is 5.09. The van der Waals surface area contributed by atoms with Gasteiger partial charge in [0.25, 0.3) is 0 Å². The van der Waals surface area contributed by atoms with Crippen molar-refractivity contribution in [2.45, 2.75) is 71.6 Å². The number of rotatable bonds is 11. The van der Waals surface area contributed by atoms with Gasteiger partial charge in [0.1, 0.15) is 11.3 Å². The van der Waals surface area contributed by atoms with Gasteiger partial charge >= 0.3 is 0 Å². The molecule has 24 heavy (non-hydrogen) atoms. The first-order valence-electron chi connectivity index (χ1n) is 9.38. The third-order valence-corrected chi connectivity index (χ3v) is 4.57. The summed E-state index contributed by atoms with van der Waals surface area (Å²) in [4.78, 5) is 0. The monoisotopic (exact) mass is 346 g/mol. The molecule has 2 aromatic rings. The normalized spacial score (nSPS) is 11.1. The minimum absolute atomic E-state index is 0.480. The molecule has 0 amide bonds. The Hall–Kier alpha value is -1.35. The van der Waals surface area contributed by atoms with E-state index in [9.17, 15) is 0 Å². The molecule has 1 aromatic carbocycles. The van der Waals surface area contributed by atoms with Gasteiger partial charge in [0.2, 0.25) is 0 Å². The van der Waals surface area contributed by atoms with E-state index in [1.54, 1.807) is 0 Å². The van der Waals surface area contributed by atoms with Gasteiger partial charge in [-0.2, -0.15) is 0 Å². The highest BCUT2D eigenvalue weighted by Gasteiger charge is 2.05. The van der Waals surface area contributed by atoms with Gasteiger partial charge in [0.05, 0.1) is 12.0 Å². The van der Waals surface area contributed by atoms with Crippen LogP contribution in [0.2, 0.25) is 0 Å². The molecular weight excluding hydrogens is 316 g/mol. The van der Waals surface area contributed by atoms with Gasteiger partial charge in [-0.15, -0.1) is 0 Å². The van der Waals surface area contributed by atoms with Gasteiger partial charge in [-0.1, -0.05) is 69.9 Å². The highest BCUT2D eigenvalue weighted by atomic mass is 32.1. The van der Waals surface area contributed by atoms with Crippen molar-refractivity contribution in [3.63, 3.8) is 0 Å². The van der Waals surface area contributed by atoms with Crippen LogP contribution in [0.15, 0.2) is 28.7 Å². The van der Waals surface area contributed by atoms with Gasteiger partial charge < -0.3 is 9.15 Å². The minimum Gasteiger partial charge on any atom is -0.493 e. The molecule has 132 valence electrons. The fourth-order valence-electron chi connectivity index (χ4n) is 2.96. The van der Waals surface area contributed by atoms with E-state index in [1.165, 1.54) is 56.9 Å². The lowest BCUT2D eigenvalue weighted by Crippen LogP contribution is -1.98. The quantitative estimate of drug-likeness (QED) is 0.313. The molecular formula is C21H30O2S. The van der Waals surface area contributed by atoms with Crippen molar-refractivity contribution < 1.29 is 9.15 Å². The number of hydrogen-bond acceptors (Lipinski definition) is 3. The van der Waals surface area contributed by atoms with Crippen LogP contribution in [-0.4, -0.2) is 6.61 Å². The summed E-state index contributed by atoms with van der Waals surface area (Å²) in [6.07, 6.45) is 11.9. The SMILES string of the molecule is CCCCCCCCCCCOc1cc(=S)oc2ccc(C)cc12. The molecule has 0 aliphatic rings. The molecule has 0 N–H and O–H groups in total. The van der Waals surface area contributed by atoms with E-state index in [0.717, 1.165) is 29.7 Å². The molecule has 0 fully saturated rings. The Morgan fingerprint density at radius 1 is 0.917 bits per heavy atom. The van der Waals surface area contributed by atoms with Gasteiger partial charge in [0.15, 0.2) is 4.71 Å². The van der Waals surface area contributed by atoms with Crippen molar-refractivity contribution in [2.24, 2.45) is 0 Å². The lowest BCUT2D eigenvalue weighted by molar-refractivity contribution is 0.306. The summed E-state index contributed by atoms with van der Waals surface area (Å²) in [5.41, 5.74) is 2.00. The Bertz CT molecular complexity index is 675. The van der Waals surface area contributed by atoms with Crippen LogP contribution in [0, 0.1) is 11.6 Å². The Balaban J connectivity index is 1.72. The first kappa shape index (κ1) is 19.0. The third-order valence-electron chi connectivity index (χ3n) is 4.37. The fourth-order valence-corrected chi connectivity index (χ4v) is 3.16. The summed E-state index contributed by atoms with van der Waals surface area (Å²) in [5, 5.41) is 1.01. The summed E-state index contributed by atoms with van der Waals surface area (Å²) in [6, 6.07) is 7.92. The number of aryl methyl sites for hydroxylation is 1. The van der Waals surface area contributed by atoms with Crippen LogP contribution in [-0.2, 0) is 0 Å². The van der Waals surface area contributed by atoms with Crippen LogP contribution < -0.4 is 4.74 Å². The summed E-state index contributed by atoms with van der Waals surface area (Å²) >= 11 is 5.19. The first-order valence-corrected chi connectivity index (χ1v) is 9.79. The Morgan fingerprint density at radius 2 is 1.58 bits per heavy atom. The van der Waals surface area contributed by atoms with Crippen LogP contribution in [0.1, 0.15) is 70.3 Å². The van der Waals surface area contributed by atoms with Crippen molar-refractivity contribution in [1.29, 1.82) is 0 Å². The smallest absolute Gasteiger partial charge is 0.194 e. The van der Waals surface area contributed by atoms with E-state index in [1.807, 2.05) is 18.2 Å².